The van der Waals surface area contributed by atoms with Crippen molar-refractivity contribution < 1.29 is 32.6 Å². The number of likely N-dealkylation sites (tertiary alicyclic amines) is 1. The van der Waals surface area contributed by atoms with E-state index in [9.17, 15) is 19.1 Å². The van der Waals surface area contributed by atoms with Gasteiger partial charge in [0.05, 0.1) is 43.2 Å². The molecule has 1 aliphatic carbocycles. The number of para-hydroxylation sites is 1. The number of alkyl halides is 1. The molecule has 2 fully saturated rings. The van der Waals surface area contributed by atoms with Gasteiger partial charge in [0.25, 0.3) is 0 Å². The van der Waals surface area contributed by atoms with Crippen LogP contribution in [0.5, 0.6) is 0 Å². The number of halogens is 2. The van der Waals surface area contributed by atoms with Crippen LogP contribution in [-0.2, 0) is 27.8 Å². The number of aromatic nitrogens is 2. The lowest BCUT2D eigenvalue weighted by Crippen LogP contribution is -2.40. The van der Waals surface area contributed by atoms with Gasteiger partial charge in [-0.1, -0.05) is 24.3 Å². The molecule has 1 saturated carbocycles. The molecule has 6 rings (SSSR count). The Morgan fingerprint density at radius 3 is 2.70 bits per heavy atom. The fraction of sp³-hybridized carbons (Fsp3) is 0.433. The Hall–Kier alpha value is -3.79. The highest BCUT2D eigenvalue weighted by Crippen LogP contribution is 2.34. The Bertz CT molecular complexity index is 1570. The van der Waals surface area contributed by atoms with E-state index >= 15 is 4.39 Å². The first-order valence-corrected chi connectivity index (χ1v) is 13.7. The molecule has 40 heavy (non-hydrogen) atoms. The summed E-state index contributed by atoms with van der Waals surface area (Å²) in [7, 11) is 1.92. The monoisotopic (exact) mass is 551 g/mol. The Morgan fingerprint density at radius 1 is 1.15 bits per heavy atom. The van der Waals surface area contributed by atoms with Crippen LogP contribution in [-0.4, -0.2) is 62.9 Å². The summed E-state index contributed by atoms with van der Waals surface area (Å²) in [5, 5.41) is 10.1. The number of benzene rings is 2. The van der Waals surface area contributed by atoms with Crippen LogP contribution in [0.2, 0.25) is 0 Å². The van der Waals surface area contributed by atoms with Crippen LogP contribution in [0.25, 0.3) is 33.5 Å². The van der Waals surface area contributed by atoms with Crippen LogP contribution in [0.1, 0.15) is 37.7 Å². The summed E-state index contributed by atoms with van der Waals surface area (Å²) in [6.45, 7) is 0.114. The Kier molecular flexibility index (Phi) is 7.04. The van der Waals surface area contributed by atoms with E-state index in [4.69, 9.17) is 9.15 Å². The molecule has 1 N–H and O–H groups in total. The minimum atomic E-state index is -1.18. The maximum atomic E-state index is 15.6. The van der Waals surface area contributed by atoms with Crippen molar-refractivity contribution in [2.75, 3.05) is 13.2 Å². The van der Waals surface area contributed by atoms with Gasteiger partial charge in [-0.25, -0.2) is 13.8 Å². The summed E-state index contributed by atoms with van der Waals surface area (Å²) in [6, 6.07) is 10.5. The number of carboxylic acids is 1. The molecule has 1 amide bonds. The molecule has 2 aromatic carbocycles. The van der Waals surface area contributed by atoms with E-state index < -0.39 is 24.0 Å². The first kappa shape index (κ1) is 26.4. The zero-order valence-electron chi connectivity index (χ0n) is 22.2. The molecule has 8 nitrogen and oxygen atoms in total. The molecule has 3 heterocycles. The van der Waals surface area contributed by atoms with Crippen molar-refractivity contribution in [3.05, 3.63) is 54.0 Å². The third kappa shape index (κ3) is 4.96. The molecule has 1 aliphatic heterocycles. The maximum Gasteiger partial charge on any atom is 0.306 e. The number of rotatable bonds is 7. The number of aliphatic carboxylic acids is 1. The van der Waals surface area contributed by atoms with Gasteiger partial charge in [-0.05, 0) is 37.8 Å². The number of hydrogen-bond donors (Lipinski definition) is 1. The van der Waals surface area contributed by atoms with Crippen LogP contribution in [0.3, 0.4) is 0 Å². The van der Waals surface area contributed by atoms with Crippen molar-refractivity contribution in [2.24, 2.45) is 13.0 Å². The molecular weight excluding hydrogens is 520 g/mol. The van der Waals surface area contributed by atoms with Gasteiger partial charge >= 0.3 is 5.97 Å². The Morgan fingerprint density at radius 2 is 1.93 bits per heavy atom. The van der Waals surface area contributed by atoms with Crippen LogP contribution in [0.15, 0.2) is 47.0 Å². The number of fused-ring (bicyclic) bond motifs is 2. The Labute approximate surface area is 229 Å². The maximum absolute atomic E-state index is 15.6. The molecule has 2 aromatic heterocycles. The molecule has 2 atom stereocenters. The SMILES string of the molecule is Cn1cc(-c2nc3ccc(CC(=O)N4C[C@@H](F)C[C@H]4COC4CCC(C(=O)O)CC4)c(F)c3o2)c2ccccc21. The molecule has 0 unspecified atom stereocenters. The van der Waals surface area contributed by atoms with Gasteiger partial charge in [0.1, 0.15) is 11.7 Å². The number of nitrogens with zero attached hydrogens (tertiary/aromatic N) is 3. The van der Waals surface area contributed by atoms with E-state index in [0.717, 1.165) is 16.5 Å². The Balaban J connectivity index is 1.16. The summed E-state index contributed by atoms with van der Waals surface area (Å²) in [5.74, 6) is -1.87. The van der Waals surface area contributed by atoms with E-state index in [1.165, 1.54) is 11.0 Å². The number of carbonyl (C=O) groups excluding carboxylic acids is 1. The van der Waals surface area contributed by atoms with Crippen molar-refractivity contribution in [3.63, 3.8) is 0 Å². The average Bonchev–Trinajstić information content (AvgIpc) is 3.64. The van der Waals surface area contributed by atoms with Crippen molar-refractivity contribution in [1.29, 1.82) is 0 Å². The number of ether oxygens (including phenoxy) is 1. The number of aryl methyl sites for hydroxylation is 1. The van der Waals surface area contributed by atoms with Gasteiger partial charge in [-0.15, -0.1) is 0 Å². The first-order valence-electron chi connectivity index (χ1n) is 13.7. The molecule has 210 valence electrons. The molecular formula is C30H31F2N3O5. The minimum absolute atomic E-state index is 0.0186. The van der Waals surface area contributed by atoms with Crippen molar-refractivity contribution in [3.8, 4) is 11.5 Å². The highest BCUT2D eigenvalue weighted by Gasteiger charge is 2.37. The van der Waals surface area contributed by atoms with E-state index in [1.807, 2.05) is 42.1 Å². The van der Waals surface area contributed by atoms with Gasteiger partial charge in [0, 0.05) is 36.1 Å². The lowest BCUT2D eigenvalue weighted by Gasteiger charge is -2.29. The number of amides is 1. The van der Waals surface area contributed by atoms with Crippen molar-refractivity contribution >= 4 is 33.9 Å². The van der Waals surface area contributed by atoms with Crippen LogP contribution < -0.4 is 0 Å². The lowest BCUT2D eigenvalue weighted by atomic mass is 9.87. The van der Waals surface area contributed by atoms with E-state index in [2.05, 4.69) is 4.98 Å². The predicted molar refractivity (Wildman–Crippen MR) is 144 cm³/mol. The van der Waals surface area contributed by atoms with Crippen LogP contribution in [0.4, 0.5) is 8.78 Å². The second kappa shape index (κ2) is 10.6. The van der Waals surface area contributed by atoms with Gasteiger partial charge in [-0.2, -0.15) is 0 Å². The van der Waals surface area contributed by atoms with Crippen molar-refractivity contribution in [1.82, 2.24) is 14.5 Å². The highest BCUT2D eigenvalue weighted by molar-refractivity contribution is 5.95. The molecule has 2 aliphatic rings. The quantitative estimate of drug-likeness (QED) is 0.336. The van der Waals surface area contributed by atoms with Gasteiger partial charge in [0.2, 0.25) is 11.8 Å². The zero-order chi connectivity index (χ0) is 28.0. The second-order valence-corrected chi connectivity index (χ2v) is 10.9. The number of oxazole rings is 1. The summed E-state index contributed by atoms with van der Waals surface area (Å²) < 4.78 is 43.8. The summed E-state index contributed by atoms with van der Waals surface area (Å²) >= 11 is 0. The van der Waals surface area contributed by atoms with Gasteiger partial charge < -0.3 is 23.7 Å². The fourth-order valence-electron chi connectivity index (χ4n) is 6.08. The summed E-state index contributed by atoms with van der Waals surface area (Å²) in [4.78, 5) is 30.3. The molecule has 0 bridgehead atoms. The van der Waals surface area contributed by atoms with E-state index in [-0.39, 0.29) is 55.1 Å². The number of carbonyl (C=O) groups is 2. The van der Waals surface area contributed by atoms with Crippen LogP contribution in [0, 0.1) is 11.7 Å². The topological polar surface area (TPSA) is 97.8 Å². The minimum Gasteiger partial charge on any atom is -0.481 e. The summed E-state index contributed by atoms with van der Waals surface area (Å²) in [6.07, 6.45) is 2.87. The average molecular weight is 552 g/mol. The van der Waals surface area contributed by atoms with E-state index in [1.54, 1.807) is 6.07 Å². The fourth-order valence-corrected chi connectivity index (χ4v) is 6.08. The van der Waals surface area contributed by atoms with Gasteiger partial charge in [-0.3, -0.25) is 9.59 Å². The van der Waals surface area contributed by atoms with Crippen LogP contribution >= 0.6 is 0 Å². The molecule has 4 aromatic rings. The van der Waals surface area contributed by atoms with E-state index in [0.29, 0.717) is 37.1 Å². The second-order valence-electron chi connectivity index (χ2n) is 10.9. The zero-order valence-corrected chi connectivity index (χ0v) is 22.2. The third-order valence-corrected chi connectivity index (χ3v) is 8.28. The highest BCUT2D eigenvalue weighted by atomic mass is 19.1. The molecule has 10 heteroatoms. The summed E-state index contributed by atoms with van der Waals surface area (Å²) in [5.41, 5.74) is 2.24. The first-order chi connectivity index (χ1) is 19.3. The molecule has 0 radical (unpaired) electrons. The number of carboxylic acid groups (broad SMARTS) is 1. The third-order valence-electron chi connectivity index (χ3n) is 8.28. The lowest BCUT2D eigenvalue weighted by molar-refractivity contribution is -0.144. The van der Waals surface area contributed by atoms with Crippen molar-refractivity contribution in [2.45, 2.75) is 56.8 Å². The number of hydrogen-bond acceptors (Lipinski definition) is 5. The normalized spacial score (nSPS) is 23.3. The standard InChI is InChI=1S/C30H31F2N3O5/c1-34-15-23(22-4-2-3-5-25(22)34)29-33-24-11-8-18(27(32)28(24)40-29)12-26(36)35-14-19(31)13-20(35)16-39-21-9-6-17(7-10-21)30(37)38/h2-5,8,11,15,17,19-21H,6-7,9-10,12-14,16H2,1H3,(H,37,38)/t17?,19-,20-,21?/m0/s1. The van der Waals surface area contributed by atoms with Gasteiger partial charge in [0.15, 0.2) is 11.4 Å². The molecule has 1 saturated heterocycles. The predicted octanol–water partition coefficient (Wildman–Crippen LogP) is 5.27. The largest absolute Gasteiger partial charge is 0.481 e. The molecule has 0 spiro atoms. The smallest absolute Gasteiger partial charge is 0.306 e.